The number of nitrogens with one attached hydrogen (secondary N) is 1. The minimum atomic E-state index is -0.386. The number of fused-ring (bicyclic) bond motifs is 2. The lowest BCUT2D eigenvalue weighted by molar-refractivity contribution is 0.131. The molecule has 4 aromatic rings. The van der Waals surface area contributed by atoms with Crippen LogP contribution in [0.1, 0.15) is 16.7 Å². The molecular weight excluding hydrogens is 389 g/mol. The molecule has 0 spiro atoms. The molecule has 0 saturated carbocycles. The Bertz CT molecular complexity index is 1290. The van der Waals surface area contributed by atoms with Gasteiger partial charge in [0.2, 0.25) is 0 Å². The number of para-hydroxylation sites is 2. The van der Waals surface area contributed by atoms with Crippen LogP contribution >= 0.6 is 11.6 Å². The molecule has 4 nitrogen and oxygen atoms in total. The van der Waals surface area contributed by atoms with Crippen molar-refractivity contribution in [3.05, 3.63) is 100 Å². The number of aliphatic imine (C=N–C) groups is 1. The number of benzene rings is 3. The maximum absolute atomic E-state index is 13.2. The third-order valence-electron chi connectivity index (χ3n) is 4.85. The molecule has 0 radical (unpaired) electrons. The zero-order valence-corrected chi connectivity index (χ0v) is 15.9. The maximum Gasteiger partial charge on any atom is 0.143 e. The van der Waals surface area contributed by atoms with Gasteiger partial charge in [0.1, 0.15) is 23.8 Å². The van der Waals surface area contributed by atoms with Gasteiger partial charge < -0.3 is 9.82 Å². The number of aromatic amines is 1. The fourth-order valence-corrected chi connectivity index (χ4v) is 3.65. The quantitative estimate of drug-likeness (QED) is 0.416. The second-order valence-electron chi connectivity index (χ2n) is 6.67. The summed E-state index contributed by atoms with van der Waals surface area (Å²) in [7, 11) is 0. The molecule has 3 aromatic carbocycles. The molecule has 0 saturated heterocycles. The molecule has 1 aliphatic rings. The van der Waals surface area contributed by atoms with Crippen molar-refractivity contribution >= 4 is 39.6 Å². The first-order valence-corrected chi connectivity index (χ1v) is 9.47. The minimum absolute atomic E-state index is 0.131. The van der Waals surface area contributed by atoms with Crippen LogP contribution in [0.25, 0.3) is 10.9 Å². The topological polar surface area (TPSA) is 49.7 Å². The van der Waals surface area contributed by atoms with Gasteiger partial charge in [0.25, 0.3) is 0 Å². The molecule has 0 aliphatic carbocycles. The zero-order valence-electron chi connectivity index (χ0n) is 15.2. The van der Waals surface area contributed by atoms with E-state index in [0.29, 0.717) is 16.3 Å². The summed E-state index contributed by atoms with van der Waals surface area (Å²) in [6, 6.07) is 20.0. The Morgan fingerprint density at radius 2 is 1.83 bits per heavy atom. The standard InChI is InChI=1S/C23H15ClFN3O/c24-19-11-15(25)10-9-14(19)13-29-28-23-17-6-2-4-8-21(17)27-22(23)18-12-26-20-7-3-1-5-16(18)20/h1-12,26H,13H2/b28-23+. The number of halogens is 2. The van der Waals surface area contributed by atoms with Crippen molar-refractivity contribution in [1.82, 2.24) is 4.98 Å². The van der Waals surface area contributed by atoms with E-state index in [2.05, 4.69) is 10.1 Å². The largest absolute Gasteiger partial charge is 0.390 e. The Morgan fingerprint density at radius 3 is 2.72 bits per heavy atom. The van der Waals surface area contributed by atoms with E-state index in [4.69, 9.17) is 21.4 Å². The van der Waals surface area contributed by atoms with Crippen LogP contribution < -0.4 is 0 Å². The van der Waals surface area contributed by atoms with Gasteiger partial charge in [-0.1, -0.05) is 59.2 Å². The van der Waals surface area contributed by atoms with Crippen LogP contribution in [0.3, 0.4) is 0 Å². The van der Waals surface area contributed by atoms with Gasteiger partial charge in [0.05, 0.1) is 10.7 Å². The van der Waals surface area contributed by atoms with Gasteiger partial charge in [0.15, 0.2) is 0 Å². The molecular formula is C23H15ClFN3O. The third kappa shape index (κ3) is 3.19. The van der Waals surface area contributed by atoms with Crippen LogP contribution in [0, 0.1) is 5.82 Å². The highest BCUT2D eigenvalue weighted by molar-refractivity contribution is 6.58. The van der Waals surface area contributed by atoms with E-state index >= 15 is 0 Å². The van der Waals surface area contributed by atoms with Crippen LogP contribution in [0.15, 0.2) is 83.1 Å². The van der Waals surface area contributed by atoms with Gasteiger partial charge in [-0.25, -0.2) is 9.38 Å². The summed E-state index contributed by atoms with van der Waals surface area (Å²) in [5.74, 6) is -0.386. The highest BCUT2D eigenvalue weighted by Crippen LogP contribution is 2.32. The second kappa shape index (κ2) is 7.18. The number of aromatic nitrogens is 1. The molecule has 2 heterocycles. The van der Waals surface area contributed by atoms with Crippen LogP contribution in [0.4, 0.5) is 10.1 Å². The molecule has 29 heavy (non-hydrogen) atoms. The fourth-order valence-electron chi connectivity index (χ4n) is 3.43. The fraction of sp³-hybridized carbons (Fsp3) is 0.0435. The van der Waals surface area contributed by atoms with E-state index in [1.54, 1.807) is 6.07 Å². The Labute approximate surface area is 171 Å². The predicted octanol–water partition coefficient (Wildman–Crippen LogP) is 6.02. The van der Waals surface area contributed by atoms with E-state index in [-0.39, 0.29) is 12.4 Å². The molecule has 5 rings (SSSR count). The van der Waals surface area contributed by atoms with Crippen LogP contribution in [-0.4, -0.2) is 16.4 Å². The van der Waals surface area contributed by atoms with Crippen molar-refractivity contribution < 1.29 is 9.23 Å². The highest BCUT2D eigenvalue weighted by Gasteiger charge is 2.26. The van der Waals surface area contributed by atoms with Gasteiger partial charge in [-0.05, 0) is 24.3 Å². The van der Waals surface area contributed by atoms with Gasteiger partial charge in [-0.15, -0.1) is 0 Å². The Hall–Kier alpha value is -3.44. The maximum atomic E-state index is 13.2. The van der Waals surface area contributed by atoms with E-state index in [1.165, 1.54) is 12.1 Å². The Balaban J connectivity index is 1.52. The Kier molecular flexibility index (Phi) is 4.37. The Morgan fingerprint density at radius 1 is 1.00 bits per heavy atom. The minimum Gasteiger partial charge on any atom is -0.390 e. The summed E-state index contributed by atoms with van der Waals surface area (Å²) in [5, 5.41) is 5.76. The van der Waals surface area contributed by atoms with Crippen molar-refractivity contribution in [3.63, 3.8) is 0 Å². The molecule has 142 valence electrons. The first kappa shape index (κ1) is 17.6. The van der Waals surface area contributed by atoms with Crippen molar-refractivity contribution in [2.45, 2.75) is 6.61 Å². The number of rotatable bonds is 4. The third-order valence-corrected chi connectivity index (χ3v) is 5.20. The van der Waals surface area contributed by atoms with Crippen molar-refractivity contribution in [2.24, 2.45) is 10.1 Å². The van der Waals surface area contributed by atoms with E-state index in [9.17, 15) is 4.39 Å². The number of nitrogens with zero attached hydrogens (tertiary/aromatic N) is 2. The second-order valence-corrected chi connectivity index (χ2v) is 7.08. The van der Waals surface area contributed by atoms with Gasteiger partial charge in [-0.2, -0.15) is 0 Å². The normalized spacial score (nSPS) is 14.3. The first-order chi connectivity index (χ1) is 14.2. The average molecular weight is 404 g/mol. The van der Waals surface area contributed by atoms with E-state index < -0.39 is 0 Å². The lowest BCUT2D eigenvalue weighted by atomic mass is 10.0. The van der Waals surface area contributed by atoms with Gasteiger partial charge >= 0.3 is 0 Å². The summed E-state index contributed by atoms with van der Waals surface area (Å²) in [4.78, 5) is 13.7. The summed E-state index contributed by atoms with van der Waals surface area (Å²) in [5.41, 5.74) is 5.79. The molecule has 6 heteroatoms. The predicted molar refractivity (Wildman–Crippen MR) is 114 cm³/mol. The summed E-state index contributed by atoms with van der Waals surface area (Å²) < 4.78 is 13.2. The number of hydrogen-bond acceptors (Lipinski definition) is 3. The first-order valence-electron chi connectivity index (χ1n) is 9.09. The van der Waals surface area contributed by atoms with E-state index in [1.807, 2.05) is 54.7 Å². The zero-order chi connectivity index (χ0) is 19.8. The van der Waals surface area contributed by atoms with Crippen molar-refractivity contribution in [1.29, 1.82) is 0 Å². The molecule has 0 amide bonds. The van der Waals surface area contributed by atoms with Crippen LogP contribution in [0.2, 0.25) is 5.02 Å². The van der Waals surface area contributed by atoms with E-state index in [0.717, 1.165) is 33.4 Å². The number of oxime groups is 1. The monoisotopic (exact) mass is 403 g/mol. The molecule has 1 aromatic heterocycles. The summed E-state index contributed by atoms with van der Waals surface area (Å²) in [6.45, 7) is 0.131. The molecule has 1 aliphatic heterocycles. The smallest absolute Gasteiger partial charge is 0.143 e. The summed E-state index contributed by atoms with van der Waals surface area (Å²) >= 11 is 6.08. The van der Waals surface area contributed by atoms with Crippen molar-refractivity contribution in [2.75, 3.05) is 0 Å². The van der Waals surface area contributed by atoms with Crippen molar-refractivity contribution in [3.8, 4) is 0 Å². The molecule has 0 unspecified atom stereocenters. The molecule has 0 fully saturated rings. The molecule has 0 atom stereocenters. The van der Waals surface area contributed by atoms with Crippen LogP contribution in [-0.2, 0) is 11.4 Å². The SMILES string of the molecule is Fc1ccc(CO/N=C2/C(c3c[nH]c4ccccc34)=Nc3ccccc32)c(Cl)c1. The van der Waals surface area contributed by atoms with Gasteiger partial charge in [0, 0.05) is 33.8 Å². The highest BCUT2D eigenvalue weighted by atomic mass is 35.5. The molecule has 1 N–H and O–H groups in total. The number of H-pyrrole nitrogens is 1. The van der Waals surface area contributed by atoms with Gasteiger partial charge in [-0.3, -0.25) is 0 Å². The molecule has 0 bridgehead atoms. The summed E-state index contributed by atoms with van der Waals surface area (Å²) in [6.07, 6.45) is 1.93. The lowest BCUT2D eigenvalue weighted by Crippen LogP contribution is -2.13. The number of hydrogen-bond donors (Lipinski definition) is 1. The van der Waals surface area contributed by atoms with Crippen LogP contribution in [0.5, 0.6) is 0 Å². The average Bonchev–Trinajstić information content (AvgIpc) is 3.31. The lowest BCUT2D eigenvalue weighted by Gasteiger charge is -2.06.